The third-order valence-electron chi connectivity index (χ3n) is 3.79. The summed E-state index contributed by atoms with van der Waals surface area (Å²) < 4.78 is 23.1. The van der Waals surface area contributed by atoms with E-state index in [1.165, 1.54) is 0 Å². The molecule has 0 bridgehead atoms. The minimum atomic E-state index is -2.78. The normalized spacial score (nSPS) is 24.6. The Morgan fingerprint density at radius 3 is 2.56 bits per heavy atom. The standard InChI is InChI=1S/C13H28N2O2S/c1-4-6-12(10-14-8-5-2)15(3)13-7-9-18(16,17)11-13/h12-14H,4-11H2,1-3H3. The lowest BCUT2D eigenvalue weighted by molar-refractivity contribution is 0.173. The molecule has 0 aromatic rings. The summed E-state index contributed by atoms with van der Waals surface area (Å²) in [5, 5.41) is 3.45. The van der Waals surface area contributed by atoms with Crippen molar-refractivity contribution in [3.8, 4) is 0 Å². The van der Waals surface area contributed by atoms with Gasteiger partial charge in [0, 0.05) is 18.6 Å². The highest BCUT2D eigenvalue weighted by Crippen LogP contribution is 2.19. The smallest absolute Gasteiger partial charge is 0.151 e. The number of nitrogens with one attached hydrogen (secondary N) is 1. The zero-order chi connectivity index (χ0) is 13.6. The van der Waals surface area contributed by atoms with Gasteiger partial charge in [-0.05, 0) is 32.9 Å². The number of likely N-dealkylation sites (N-methyl/N-ethyl adjacent to an activating group) is 1. The molecule has 0 saturated carbocycles. The van der Waals surface area contributed by atoms with E-state index in [1.54, 1.807) is 0 Å². The highest BCUT2D eigenvalue weighted by Gasteiger charge is 2.33. The van der Waals surface area contributed by atoms with Crippen molar-refractivity contribution in [1.29, 1.82) is 0 Å². The van der Waals surface area contributed by atoms with Crippen LogP contribution in [0.4, 0.5) is 0 Å². The summed E-state index contributed by atoms with van der Waals surface area (Å²) in [5.41, 5.74) is 0. The molecule has 2 unspecified atom stereocenters. The van der Waals surface area contributed by atoms with E-state index in [0.29, 0.717) is 17.5 Å². The van der Waals surface area contributed by atoms with Crippen molar-refractivity contribution in [1.82, 2.24) is 10.2 Å². The van der Waals surface area contributed by atoms with E-state index in [0.717, 1.165) is 38.8 Å². The van der Waals surface area contributed by atoms with Crippen LogP contribution in [-0.2, 0) is 9.84 Å². The lowest BCUT2D eigenvalue weighted by Crippen LogP contribution is -2.46. The molecule has 1 N–H and O–H groups in total. The molecule has 18 heavy (non-hydrogen) atoms. The Morgan fingerprint density at radius 2 is 2.06 bits per heavy atom. The fourth-order valence-corrected chi connectivity index (χ4v) is 4.41. The van der Waals surface area contributed by atoms with Gasteiger partial charge in [-0.15, -0.1) is 0 Å². The summed E-state index contributed by atoms with van der Waals surface area (Å²) in [4.78, 5) is 2.29. The first kappa shape index (κ1) is 15.9. The molecule has 0 aromatic heterocycles. The summed E-state index contributed by atoms with van der Waals surface area (Å²) in [5.74, 6) is 0.709. The van der Waals surface area contributed by atoms with Crippen LogP contribution in [0.1, 0.15) is 39.5 Å². The van der Waals surface area contributed by atoms with Gasteiger partial charge in [0.1, 0.15) is 0 Å². The van der Waals surface area contributed by atoms with Crippen LogP contribution in [-0.4, -0.2) is 57.0 Å². The summed E-state index contributed by atoms with van der Waals surface area (Å²) in [7, 11) is -0.693. The van der Waals surface area contributed by atoms with Crippen LogP contribution in [0.3, 0.4) is 0 Å². The molecule has 1 heterocycles. The Hall–Kier alpha value is -0.130. The van der Waals surface area contributed by atoms with Crippen molar-refractivity contribution >= 4 is 9.84 Å². The van der Waals surface area contributed by atoms with Crippen LogP contribution in [0.15, 0.2) is 0 Å². The first-order valence-corrected chi connectivity index (χ1v) is 8.95. The Morgan fingerprint density at radius 1 is 1.33 bits per heavy atom. The van der Waals surface area contributed by atoms with Crippen LogP contribution < -0.4 is 5.32 Å². The van der Waals surface area contributed by atoms with Gasteiger partial charge in [0.2, 0.25) is 0 Å². The average molecular weight is 276 g/mol. The molecule has 4 nitrogen and oxygen atoms in total. The van der Waals surface area contributed by atoms with E-state index in [1.807, 2.05) is 0 Å². The van der Waals surface area contributed by atoms with Gasteiger partial charge in [-0.25, -0.2) is 8.42 Å². The Balaban J connectivity index is 2.50. The molecule has 1 saturated heterocycles. The molecule has 2 atom stereocenters. The second-order valence-electron chi connectivity index (χ2n) is 5.37. The van der Waals surface area contributed by atoms with Crippen LogP contribution in [0.5, 0.6) is 0 Å². The largest absolute Gasteiger partial charge is 0.315 e. The molecular formula is C13H28N2O2S. The molecule has 0 aromatic carbocycles. The SMILES string of the molecule is CCCNCC(CCC)N(C)C1CCS(=O)(=O)C1. The molecule has 0 amide bonds. The molecule has 0 spiro atoms. The lowest BCUT2D eigenvalue weighted by atomic mass is 10.1. The van der Waals surface area contributed by atoms with E-state index in [4.69, 9.17) is 0 Å². The molecular weight excluding hydrogens is 248 g/mol. The highest BCUT2D eigenvalue weighted by molar-refractivity contribution is 7.91. The second-order valence-corrected chi connectivity index (χ2v) is 7.60. The molecule has 0 aliphatic carbocycles. The van der Waals surface area contributed by atoms with Gasteiger partial charge >= 0.3 is 0 Å². The predicted octanol–water partition coefficient (Wildman–Crippen LogP) is 1.27. The van der Waals surface area contributed by atoms with Gasteiger partial charge in [0.25, 0.3) is 0 Å². The minimum Gasteiger partial charge on any atom is -0.315 e. The fraction of sp³-hybridized carbons (Fsp3) is 1.00. The Kier molecular flexibility index (Phi) is 6.60. The van der Waals surface area contributed by atoms with E-state index in [9.17, 15) is 8.42 Å². The summed E-state index contributed by atoms with van der Waals surface area (Å²) in [6, 6.07) is 0.676. The van der Waals surface area contributed by atoms with Gasteiger partial charge in [-0.3, -0.25) is 4.90 Å². The zero-order valence-electron chi connectivity index (χ0n) is 12.0. The molecule has 0 radical (unpaired) electrons. The molecule has 5 heteroatoms. The maximum absolute atomic E-state index is 11.5. The molecule has 1 aliphatic heterocycles. The van der Waals surface area contributed by atoms with Crippen molar-refractivity contribution in [3.63, 3.8) is 0 Å². The van der Waals surface area contributed by atoms with Gasteiger partial charge in [0.05, 0.1) is 11.5 Å². The first-order chi connectivity index (χ1) is 8.50. The Labute approximate surface area is 112 Å². The fourth-order valence-electron chi connectivity index (χ4n) is 2.62. The van der Waals surface area contributed by atoms with Crippen molar-refractivity contribution in [2.24, 2.45) is 0 Å². The number of hydrogen-bond donors (Lipinski definition) is 1. The van der Waals surface area contributed by atoms with Crippen LogP contribution in [0.25, 0.3) is 0 Å². The minimum absolute atomic E-state index is 0.218. The maximum atomic E-state index is 11.5. The monoisotopic (exact) mass is 276 g/mol. The van der Waals surface area contributed by atoms with Gasteiger partial charge in [-0.1, -0.05) is 20.3 Å². The lowest BCUT2D eigenvalue weighted by Gasteiger charge is -2.32. The topological polar surface area (TPSA) is 49.4 Å². The number of nitrogens with zero attached hydrogens (tertiary/aromatic N) is 1. The average Bonchev–Trinajstić information content (AvgIpc) is 2.68. The van der Waals surface area contributed by atoms with E-state index >= 15 is 0 Å². The molecule has 108 valence electrons. The first-order valence-electron chi connectivity index (χ1n) is 7.13. The van der Waals surface area contributed by atoms with E-state index < -0.39 is 9.84 Å². The maximum Gasteiger partial charge on any atom is 0.151 e. The summed E-state index contributed by atoms with van der Waals surface area (Å²) in [6.07, 6.45) is 4.21. The van der Waals surface area contributed by atoms with Crippen LogP contribution >= 0.6 is 0 Å². The molecule has 1 rings (SSSR count). The van der Waals surface area contributed by atoms with Crippen LogP contribution in [0.2, 0.25) is 0 Å². The molecule has 1 aliphatic rings. The van der Waals surface area contributed by atoms with Crippen molar-refractivity contribution in [2.75, 3.05) is 31.6 Å². The zero-order valence-corrected chi connectivity index (χ0v) is 12.8. The van der Waals surface area contributed by atoms with Crippen LogP contribution in [0, 0.1) is 0 Å². The predicted molar refractivity (Wildman–Crippen MR) is 76.7 cm³/mol. The summed E-state index contributed by atoms with van der Waals surface area (Å²) in [6.45, 7) is 6.35. The number of hydrogen-bond acceptors (Lipinski definition) is 4. The van der Waals surface area contributed by atoms with Gasteiger partial charge < -0.3 is 5.32 Å². The third kappa shape index (κ3) is 4.86. The van der Waals surface area contributed by atoms with Crippen molar-refractivity contribution < 1.29 is 8.42 Å². The quantitative estimate of drug-likeness (QED) is 0.678. The van der Waals surface area contributed by atoms with E-state index in [2.05, 4.69) is 31.1 Å². The third-order valence-corrected chi connectivity index (χ3v) is 5.54. The van der Waals surface area contributed by atoms with Crippen molar-refractivity contribution in [2.45, 2.75) is 51.6 Å². The summed E-state index contributed by atoms with van der Waals surface area (Å²) >= 11 is 0. The van der Waals surface area contributed by atoms with Crippen molar-refractivity contribution in [3.05, 3.63) is 0 Å². The molecule has 1 fully saturated rings. The Bertz CT molecular complexity index is 330. The van der Waals surface area contributed by atoms with Gasteiger partial charge in [0.15, 0.2) is 9.84 Å². The van der Waals surface area contributed by atoms with E-state index in [-0.39, 0.29) is 6.04 Å². The number of rotatable bonds is 8. The number of sulfone groups is 1. The van der Waals surface area contributed by atoms with Gasteiger partial charge in [-0.2, -0.15) is 0 Å². The highest BCUT2D eigenvalue weighted by atomic mass is 32.2. The second kappa shape index (κ2) is 7.46.